The molecule has 1 heterocycles. The molecule has 1 N–H and O–H groups in total. The first-order chi connectivity index (χ1) is 6.18. The van der Waals surface area contributed by atoms with Gasteiger partial charge in [0.1, 0.15) is 4.21 Å². The third-order valence-electron chi connectivity index (χ3n) is 1.89. The van der Waals surface area contributed by atoms with Crippen LogP contribution in [0.5, 0.6) is 0 Å². The third-order valence-corrected chi connectivity index (χ3v) is 4.11. The number of fused-ring (bicyclic) bond motifs is 1. The topological polar surface area (TPSA) is 37.3 Å². The molecule has 2 rings (SSSR count). The van der Waals surface area contributed by atoms with E-state index in [-0.39, 0.29) is 0 Å². The SMILES string of the molecule is Cc1cccc2cc(S(=O)O)sc12. The summed E-state index contributed by atoms with van der Waals surface area (Å²) in [7, 11) is 0. The number of aryl methyl sites for hydroxylation is 1. The van der Waals surface area contributed by atoms with Crippen LogP contribution in [-0.4, -0.2) is 8.76 Å². The highest BCUT2D eigenvalue weighted by atomic mass is 32.2. The number of benzene rings is 1. The van der Waals surface area contributed by atoms with Gasteiger partial charge >= 0.3 is 0 Å². The molecule has 1 aromatic heterocycles. The second-order valence-electron chi connectivity index (χ2n) is 2.81. The lowest BCUT2D eigenvalue weighted by Crippen LogP contribution is -1.79. The van der Waals surface area contributed by atoms with Crippen molar-refractivity contribution in [3.63, 3.8) is 0 Å². The van der Waals surface area contributed by atoms with Gasteiger partial charge in [-0.1, -0.05) is 18.2 Å². The molecule has 1 aromatic carbocycles. The van der Waals surface area contributed by atoms with Gasteiger partial charge in [0.2, 0.25) is 0 Å². The van der Waals surface area contributed by atoms with Crippen molar-refractivity contribution in [3.05, 3.63) is 29.8 Å². The minimum Gasteiger partial charge on any atom is -0.302 e. The second-order valence-corrected chi connectivity index (χ2v) is 5.06. The van der Waals surface area contributed by atoms with E-state index in [4.69, 9.17) is 4.55 Å². The van der Waals surface area contributed by atoms with E-state index in [2.05, 4.69) is 0 Å². The summed E-state index contributed by atoms with van der Waals surface area (Å²) in [6, 6.07) is 7.68. The first-order valence-electron chi connectivity index (χ1n) is 3.78. The molecule has 4 heteroatoms. The maximum Gasteiger partial charge on any atom is 0.196 e. The van der Waals surface area contributed by atoms with Gasteiger partial charge < -0.3 is 4.55 Å². The summed E-state index contributed by atoms with van der Waals surface area (Å²) in [5, 5.41) is 1.04. The first-order valence-corrected chi connectivity index (χ1v) is 5.71. The first kappa shape index (κ1) is 8.87. The molecular weight excluding hydrogens is 204 g/mol. The van der Waals surface area contributed by atoms with E-state index in [0.717, 1.165) is 15.6 Å². The number of hydrogen-bond donors (Lipinski definition) is 1. The number of hydrogen-bond acceptors (Lipinski definition) is 2. The van der Waals surface area contributed by atoms with Crippen LogP contribution in [0.15, 0.2) is 28.5 Å². The van der Waals surface area contributed by atoms with E-state index in [1.54, 1.807) is 6.07 Å². The van der Waals surface area contributed by atoms with E-state index in [1.807, 2.05) is 25.1 Å². The lowest BCUT2D eigenvalue weighted by atomic mass is 10.2. The van der Waals surface area contributed by atoms with Crippen LogP contribution in [0.25, 0.3) is 10.1 Å². The van der Waals surface area contributed by atoms with Crippen molar-refractivity contribution in [2.24, 2.45) is 0 Å². The zero-order chi connectivity index (χ0) is 9.42. The quantitative estimate of drug-likeness (QED) is 0.738. The van der Waals surface area contributed by atoms with Crippen LogP contribution in [0.4, 0.5) is 0 Å². The Morgan fingerprint density at radius 3 is 2.85 bits per heavy atom. The van der Waals surface area contributed by atoms with Crippen molar-refractivity contribution < 1.29 is 8.76 Å². The lowest BCUT2D eigenvalue weighted by molar-refractivity contribution is 0.566. The van der Waals surface area contributed by atoms with Crippen molar-refractivity contribution in [1.82, 2.24) is 0 Å². The molecule has 0 spiro atoms. The molecule has 0 aliphatic carbocycles. The summed E-state index contributed by atoms with van der Waals surface area (Å²) in [6.07, 6.45) is 0. The molecule has 0 saturated heterocycles. The second kappa shape index (κ2) is 3.21. The lowest BCUT2D eigenvalue weighted by Gasteiger charge is -1.91. The van der Waals surface area contributed by atoms with Crippen LogP contribution >= 0.6 is 11.3 Å². The fraction of sp³-hybridized carbons (Fsp3) is 0.111. The average molecular weight is 212 g/mol. The Bertz CT molecular complexity index is 473. The zero-order valence-corrected chi connectivity index (χ0v) is 8.61. The van der Waals surface area contributed by atoms with Gasteiger partial charge in [-0.15, -0.1) is 11.3 Å². The normalized spacial score (nSPS) is 13.4. The fourth-order valence-corrected chi connectivity index (χ4v) is 2.90. The smallest absolute Gasteiger partial charge is 0.196 e. The average Bonchev–Trinajstić information content (AvgIpc) is 2.49. The fourth-order valence-electron chi connectivity index (χ4n) is 1.27. The van der Waals surface area contributed by atoms with E-state index in [9.17, 15) is 4.21 Å². The molecule has 0 aliphatic rings. The molecule has 0 aliphatic heterocycles. The Balaban J connectivity index is 2.75. The van der Waals surface area contributed by atoms with E-state index in [0.29, 0.717) is 4.21 Å². The minimum absolute atomic E-state index is 0.518. The zero-order valence-electron chi connectivity index (χ0n) is 6.98. The summed E-state index contributed by atoms with van der Waals surface area (Å²) in [6.45, 7) is 2.00. The van der Waals surface area contributed by atoms with Gasteiger partial charge in [-0.05, 0) is 23.9 Å². The molecule has 0 fully saturated rings. The largest absolute Gasteiger partial charge is 0.302 e. The molecule has 1 atom stereocenters. The number of rotatable bonds is 1. The summed E-state index contributed by atoms with van der Waals surface area (Å²) in [5.41, 5.74) is 1.15. The Hall–Kier alpha value is -0.710. The predicted molar refractivity (Wildman–Crippen MR) is 55.6 cm³/mol. The van der Waals surface area contributed by atoms with Crippen molar-refractivity contribution in [1.29, 1.82) is 0 Å². The van der Waals surface area contributed by atoms with Gasteiger partial charge in [0.15, 0.2) is 11.1 Å². The molecule has 1 unspecified atom stereocenters. The Morgan fingerprint density at radius 1 is 1.46 bits per heavy atom. The van der Waals surface area contributed by atoms with Crippen LogP contribution in [0.2, 0.25) is 0 Å². The third kappa shape index (κ3) is 1.52. The van der Waals surface area contributed by atoms with Crippen molar-refractivity contribution in [3.8, 4) is 0 Å². The molecule has 0 bridgehead atoms. The van der Waals surface area contributed by atoms with Crippen LogP contribution < -0.4 is 0 Å². The minimum atomic E-state index is -1.85. The van der Waals surface area contributed by atoms with E-state index < -0.39 is 11.1 Å². The van der Waals surface area contributed by atoms with E-state index >= 15 is 0 Å². The molecule has 0 amide bonds. The van der Waals surface area contributed by atoms with Crippen molar-refractivity contribution >= 4 is 32.5 Å². The standard InChI is InChI=1S/C9H8O2S2/c1-6-3-2-4-7-5-8(13(10)11)12-9(6)7/h2-5H,1H3,(H,10,11). The molecule has 2 aromatic rings. The summed E-state index contributed by atoms with van der Waals surface area (Å²) in [4.78, 5) is 0. The monoisotopic (exact) mass is 212 g/mol. The Labute approximate surface area is 82.5 Å². The van der Waals surface area contributed by atoms with Gasteiger partial charge in [0, 0.05) is 4.70 Å². The van der Waals surface area contributed by atoms with Crippen LogP contribution in [-0.2, 0) is 11.1 Å². The van der Waals surface area contributed by atoms with Gasteiger partial charge in [0.05, 0.1) is 0 Å². The summed E-state index contributed by atoms with van der Waals surface area (Å²) >= 11 is -0.470. The van der Waals surface area contributed by atoms with Crippen LogP contribution in [0.1, 0.15) is 5.56 Å². The molecule has 13 heavy (non-hydrogen) atoms. The molecule has 0 saturated carbocycles. The maximum absolute atomic E-state index is 10.8. The molecule has 2 nitrogen and oxygen atoms in total. The molecular formula is C9H8O2S2. The predicted octanol–water partition coefficient (Wildman–Crippen LogP) is 2.79. The maximum atomic E-state index is 10.8. The van der Waals surface area contributed by atoms with Gasteiger partial charge in [-0.2, -0.15) is 0 Å². The van der Waals surface area contributed by atoms with E-state index in [1.165, 1.54) is 11.3 Å². The number of thiophene rings is 1. The Morgan fingerprint density at radius 2 is 2.23 bits per heavy atom. The van der Waals surface area contributed by atoms with Gasteiger partial charge in [-0.3, -0.25) is 0 Å². The highest BCUT2D eigenvalue weighted by Gasteiger charge is 2.06. The van der Waals surface area contributed by atoms with Crippen LogP contribution in [0, 0.1) is 6.92 Å². The highest BCUT2D eigenvalue weighted by Crippen LogP contribution is 2.29. The molecule has 68 valence electrons. The van der Waals surface area contributed by atoms with Crippen molar-refractivity contribution in [2.75, 3.05) is 0 Å². The van der Waals surface area contributed by atoms with Gasteiger partial charge in [0.25, 0.3) is 0 Å². The van der Waals surface area contributed by atoms with Crippen molar-refractivity contribution in [2.45, 2.75) is 11.1 Å². The summed E-state index contributed by atoms with van der Waals surface area (Å²) < 4.78 is 21.3. The Kier molecular flexibility index (Phi) is 2.19. The summed E-state index contributed by atoms with van der Waals surface area (Å²) in [5.74, 6) is 0. The van der Waals surface area contributed by atoms with Gasteiger partial charge in [-0.25, -0.2) is 4.21 Å². The van der Waals surface area contributed by atoms with Crippen LogP contribution in [0.3, 0.4) is 0 Å². The molecule has 0 radical (unpaired) electrons. The highest BCUT2D eigenvalue weighted by molar-refractivity contribution is 7.82.